The van der Waals surface area contributed by atoms with Crippen molar-refractivity contribution < 1.29 is 27.5 Å². The molecule has 4 rings (SSSR count). The van der Waals surface area contributed by atoms with E-state index in [1.54, 1.807) is 28.9 Å². The van der Waals surface area contributed by atoms with Crippen molar-refractivity contribution in [2.24, 2.45) is 0 Å². The zero-order valence-corrected chi connectivity index (χ0v) is 20.0. The number of nitrogens with zero attached hydrogens (tertiary/aromatic N) is 3. The fourth-order valence-corrected chi connectivity index (χ4v) is 5.71. The predicted octanol–water partition coefficient (Wildman–Crippen LogP) is 2.51. The molecule has 0 aliphatic carbocycles. The maximum atomic E-state index is 13.2. The number of benzene rings is 2. The molecule has 0 saturated carbocycles. The van der Waals surface area contributed by atoms with Gasteiger partial charge in [-0.05, 0) is 55.7 Å². The van der Waals surface area contributed by atoms with Gasteiger partial charge < -0.3 is 19.3 Å². The van der Waals surface area contributed by atoms with E-state index in [9.17, 15) is 18.0 Å². The van der Waals surface area contributed by atoms with Gasteiger partial charge in [-0.2, -0.15) is 0 Å². The van der Waals surface area contributed by atoms with E-state index in [0.29, 0.717) is 45.1 Å². The van der Waals surface area contributed by atoms with Gasteiger partial charge in [0, 0.05) is 32.7 Å². The highest BCUT2D eigenvalue weighted by Gasteiger charge is 2.29. The van der Waals surface area contributed by atoms with Gasteiger partial charge in [-0.1, -0.05) is 18.2 Å². The Hall–Kier alpha value is -3.27. The average Bonchev–Trinajstić information content (AvgIpc) is 2.87. The molecule has 9 nitrogen and oxygen atoms in total. The quantitative estimate of drug-likeness (QED) is 0.621. The Balaban J connectivity index is 1.33. The van der Waals surface area contributed by atoms with Crippen LogP contribution in [0.25, 0.3) is 0 Å². The highest BCUT2D eigenvalue weighted by Crippen LogP contribution is 2.32. The highest BCUT2D eigenvalue weighted by atomic mass is 32.2. The zero-order valence-electron chi connectivity index (χ0n) is 19.2. The number of rotatable bonds is 6. The molecule has 10 heteroatoms. The topological polar surface area (TPSA) is 96.5 Å². The second kappa shape index (κ2) is 10.3. The van der Waals surface area contributed by atoms with Gasteiger partial charge in [-0.25, -0.2) is 13.2 Å². The van der Waals surface area contributed by atoms with Gasteiger partial charge in [0.15, 0.2) is 6.61 Å². The Bertz CT molecular complexity index is 1130. The van der Waals surface area contributed by atoms with Crippen molar-refractivity contribution in [2.75, 3.05) is 50.2 Å². The van der Waals surface area contributed by atoms with Crippen LogP contribution in [0, 0.1) is 0 Å². The summed E-state index contributed by atoms with van der Waals surface area (Å²) in [6.45, 7) is 4.00. The Labute approximate surface area is 199 Å². The molecule has 0 atom stereocenters. The Morgan fingerprint density at radius 2 is 1.59 bits per heavy atom. The molecule has 0 bridgehead atoms. The number of anilines is 1. The zero-order chi connectivity index (χ0) is 24.1. The lowest BCUT2D eigenvalue weighted by molar-refractivity contribution is -0.134. The second-order valence-electron chi connectivity index (χ2n) is 8.14. The summed E-state index contributed by atoms with van der Waals surface area (Å²) in [6, 6.07) is 13.7. The summed E-state index contributed by atoms with van der Waals surface area (Å²) in [5.74, 6) is 0.224. The monoisotopic (exact) mass is 487 g/mol. The molecule has 2 amide bonds. The van der Waals surface area contributed by atoms with Crippen LogP contribution >= 0.6 is 0 Å². The summed E-state index contributed by atoms with van der Waals surface area (Å²) in [5.41, 5.74) is 1.75. The second-order valence-corrected chi connectivity index (χ2v) is 10.00. The third-order valence-electron chi connectivity index (χ3n) is 6.00. The summed E-state index contributed by atoms with van der Waals surface area (Å²) < 4.78 is 38.5. The Morgan fingerprint density at radius 1 is 0.912 bits per heavy atom. The molecule has 2 aromatic rings. The van der Waals surface area contributed by atoms with Crippen molar-refractivity contribution in [1.29, 1.82) is 0 Å². The lowest BCUT2D eigenvalue weighted by Gasteiger charge is -2.33. The third kappa shape index (κ3) is 5.11. The molecule has 2 aromatic carbocycles. The normalized spacial score (nSPS) is 16.1. The van der Waals surface area contributed by atoms with Crippen molar-refractivity contribution in [3.8, 4) is 5.75 Å². The lowest BCUT2D eigenvalue weighted by atomic mass is 10.0. The number of sulfonamides is 1. The first-order valence-corrected chi connectivity index (χ1v) is 12.9. The van der Waals surface area contributed by atoms with E-state index in [1.165, 1.54) is 16.4 Å². The molecule has 1 fully saturated rings. The fourth-order valence-electron chi connectivity index (χ4n) is 4.17. The number of hydrogen-bond donors (Lipinski definition) is 0. The van der Waals surface area contributed by atoms with Crippen LogP contribution in [0.2, 0.25) is 0 Å². The van der Waals surface area contributed by atoms with Crippen molar-refractivity contribution in [3.63, 3.8) is 0 Å². The van der Waals surface area contributed by atoms with E-state index in [2.05, 4.69) is 0 Å². The van der Waals surface area contributed by atoms with E-state index in [-0.39, 0.29) is 23.5 Å². The molecule has 182 valence electrons. The molecular formula is C24H29N3O6S. The van der Waals surface area contributed by atoms with Crippen LogP contribution in [0.1, 0.15) is 18.9 Å². The first kappa shape index (κ1) is 23.9. The minimum atomic E-state index is -3.70. The number of carbonyl (C=O) groups excluding carboxylic acids is 2. The maximum Gasteiger partial charge on any atom is 0.409 e. The van der Waals surface area contributed by atoms with Crippen LogP contribution in [0.4, 0.5) is 10.5 Å². The molecule has 2 aliphatic rings. The molecule has 2 heterocycles. The van der Waals surface area contributed by atoms with Crippen molar-refractivity contribution in [2.45, 2.75) is 24.7 Å². The van der Waals surface area contributed by atoms with Crippen LogP contribution in [0.3, 0.4) is 0 Å². The van der Waals surface area contributed by atoms with E-state index in [0.717, 1.165) is 24.1 Å². The minimum Gasteiger partial charge on any atom is -0.484 e. The van der Waals surface area contributed by atoms with Gasteiger partial charge in [-0.3, -0.25) is 9.10 Å². The summed E-state index contributed by atoms with van der Waals surface area (Å²) in [5, 5.41) is 0. The number of hydrogen-bond acceptors (Lipinski definition) is 6. The van der Waals surface area contributed by atoms with E-state index < -0.39 is 10.0 Å². The van der Waals surface area contributed by atoms with E-state index >= 15 is 0 Å². The lowest BCUT2D eigenvalue weighted by Crippen LogP contribution is -2.51. The van der Waals surface area contributed by atoms with Gasteiger partial charge in [0.2, 0.25) is 0 Å². The SMILES string of the molecule is CCOC(=O)N1CCN(C(=O)COc2ccc(S(=O)(=O)N3CCCc4ccccc43)cc2)CC1. The van der Waals surface area contributed by atoms with Crippen LogP contribution in [-0.2, 0) is 26.0 Å². The van der Waals surface area contributed by atoms with Crippen molar-refractivity contribution >= 4 is 27.7 Å². The average molecular weight is 488 g/mol. The fraction of sp³-hybridized carbons (Fsp3) is 0.417. The highest BCUT2D eigenvalue weighted by molar-refractivity contribution is 7.92. The summed E-state index contributed by atoms with van der Waals surface area (Å²) in [6.07, 6.45) is 1.27. The summed E-state index contributed by atoms with van der Waals surface area (Å²) in [7, 11) is -3.70. The Morgan fingerprint density at radius 3 is 2.29 bits per heavy atom. The number of fused-ring (bicyclic) bond motifs is 1. The molecule has 0 unspecified atom stereocenters. The molecule has 0 radical (unpaired) electrons. The number of carbonyl (C=O) groups is 2. The number of para-hydroxylation sites is 1. The summed E-state index contributed by atoms with van der Waals surface area (Å²) >= 11 is 0. The third-order valence-corrected chi connectivity index (χ3v) is 7.83. The van der Waals surface area contributed by atoms with Crippen LogP contribution in [0.15, 0.2) is 53.4 Å². The molecule has 2 aliphatic heterocycles. The van der Waals surface area contributed by atoms with Gasteiger partial charge in [-0.15, -0.1) is 0 Å². The molecular weight excluding hydrogens is 458 g/mol. The van der Waals surface area contributed by atoms with Crippen molar-refractivity contribution in [1.82, 2.24) is 9.80 Å². The number of ether oxygens (including phenoxy) is 2. The number of piperazine rings is 1. The largest absolute Gasteiger partial charge is 0.484 e. The molecule has 1 saturated heterocycles. The van der Waals surface area contributed by atoms with Crippen LogP contribution in [-0.4, -0.2) is 76.2 Å². The molecule has 34 heavy (non-hydrogen) atoms. The van der Waals surface area contributed by atoms with Crippen LogP contribution in [0.5, 0.6) is 5.75 Å². The van der Waals surface area contributed by atoms with Gasteiger partial charge >= 0.3 is 6.09 Å². The maximum absolute atomic E-state index is 13.2. The van der Waals surface area contributed by atoms with Crippen molar-refractivity contribution in [3.05, 3.63) is 54.1 Å². The predicted molar refractivity (Wildman–Crippen MR) is 126 cm³/mol. The first-order valence-electron chi connectivity index (χ1n) is 11.4. The first-order chi connectivity index (χ1) is 16.4. The summed E-state index contributed by atoms with van der Waals surface area (Å²) in [4.78, 5) is 27.7. The van der Waals surface area contributed by atoms with E-state index in [1.807, 2.05) is 24.3 Å². The van der Waals surface area contributed by atoms with Crippen LogP contribution < -0.4 is 9.04 Å². The molecule has 0 aromatic heterocycles. The standard InChI is InChI=1S/C24H29N3O6S/c1-2-32-24(29)26-16-14-25(15-17-26)23(28)18-33-20-9-11-21(12-10-20)34(30,31)27-13-5-7-19-6-3-4-8-22(19)27/h3-4,6,8-12H,2,5,7,13-18H2,1H3. The van der Waals surface area contributed by atoms with Gasteiger partial charge in [0.25, 0.3) is 15.9 Å². The number of amides is 2. The molecule has 0 spiro atoms. The Kier molecular flexibility index (Phi) is 7.26. The van der Waals surface area contributed by atoms with E-state index in [4.69, 9.17) is 9.47 Å². The molecule has 0 N–H and O–H groups in total. The number of aryl methyl sites for hydroxylation is 1. The minimum absolute atomic E-state index is 0.162. The van der Waals surface area contributed by atoms with Gasteiger partial charge in [0.1, 0.15) is 5.75 Å². The smallest absolute Gasteiger partial charge is 0.409 e. The van der Waals surface area contributed by atoms with Gasteiger partial charge in [0.05, 0.1) is 17.2 Å².